The molecule has 33 heavy (non-hydrogen) atoms. The smallest absolute Gasteiger partial charge is 0.255 e. The van der Waals surface area contributed by atoms with Gasteiger partial charge in [0.2, 0.25) is 5.91 Å². The largest absolute Gasteiger partial charge is 0.489 e. The van der Waals surface area contributed by atoms with Gasteiger partial charge in [-0.15, -0.1) is 0 Å². The number of ether oxygens (including phenoxy) is 1. The van der Waals surface area contributed by atoms with E-state index >= 15 is 0 Å². The van der Waals surface area contributed by atoms with Gasteiger partial charge in [0, 0.05) is 32.4 Å². The molecule has 1 saturated heterocycles. The number of aromatic nitrogens is 1. The summed E-state index contributed by atoms with van der Waals surface area (Å²) in [6.45, 7) is 5.53. The molecule has 2 N–H and O–H groups in total. The van der Waals surface area contributed by atoms with Crippen molar-refractivity contribution in [1.29, 1.82) is 0 Å². The van der Waals surface area contributed by atoms with E-state index in [1.54, 1.807) is 12.1 Å². The molecule has 2 aliphatic rings. The summed E-state index contributed by atoms with van der Waals surface area (Å²) in [7, 11) is 0. The van der Waals surface area contributed by atoms with Crippen LogP contribution in [0.2, 0.25) is 0 Å². The average molecular weight is 449 g/mol. The number of amides is 2. The highest BCUT2D eigenvalue weighted by molar-refractivity contribution is 5.96. The molecule has 1 unspecified atom stereocenters. The lowest BCUT2D eigenvalue weighted by Crippen LogP contribution is -2.52. The average Bonchev–Trinajstić information content (AvgIpc) is 2.83. The van der Waals surface area contributed by atoms with Crippen molar-refractivity contribution in [3.63, 3.8) is 0 Å². The normalized spacial score (nSPS) is 23.5. The number of fused-ring (bicyclic) bond motifs is 1. The molecule has 2 amide bonds. The van der Waals surface area contributed by atoms with Gasteiger partial charge in [-0.2, -0.15) is 0 Å². The van der Waals surface area contributed by atoms with Gasteiger partial charge in [-0.3, -0.25) is 19.5 Å². The Bertz CT molecular complexity index is 1020. The monoisotopic (exact) mass is 448 g/mol. The van der Waals surface area contributed by atoms with Gasteiger partial charge in [0.25, 0.3) is 5.91 Å². The summed E-state index contributed by atoms with van der Waals surface area (Å²) in [5, 5.41) is 5.96. The summed E-state index contributed by atoms with van der Waals surface area (Å²) in [5.41, 5.74) is 2.21. The molecule has 0 bridgehead atoms. The number of carbonyl (C=O) groups excluding carboxylic acids is 2. The Morgan fingerprint density at radius 3 is 2.82 bits per heavy atom. The van der Waals surface area contributed by atoms with Gasteiger partial charge in [-0.05, 0) is 56.5 Å². The highest BCUT2D eigenvalue weighted by atomic mass is 16.5. The first-order chi connectivity index (χ1) is 16.1. The highest BCUT2D eigenvalue weighted by Gasteiger charge is 2.41. The van der Waals surface area contributed by atoms with Crippen LogP contribution in [0.3, 0.4) is 0 Å². The second-order valence-corrected chi connectivity index (χ2v) is 8.86. The van der Waals surface area contributed by atoms with Gasteiger partial charge in [0.05, 0.1) is 16.7 Å². The number of allylic oxidation sites excluding steroid dienone is 1. The van der Waals surface area contributed by atoms with Crippen molar-refractivity contribution in [2.45, 2.75) is 32.7 Å². The van der Waals surface area contributed by atoms with E-state index in [1.807, 2.05) is 36.5 Å². The minimum absolute atomic E-state index is 0.0437. The molecule has 1 aromatic heterocycles. The maximum Gasteiger partial charge on any atom is 0.255 e. The fourth-order valence-corrected chi connectivity index (χ4v) is 4.63. The van der Waals surface area contributed by atoms with Crippen molar-refractivity contribution in [1.82, 2.24) is 20.5 Å². The lowest BCUT2D eigenvalue weighted by atomic mass is 9.76. The Hall–Kier alpha value is -3.19. The fraction of sp³-hybridized carbons (Fsp3) is 0.423. The molecule has 7 nitrogen and oxygen atoms in total. The van der Waals surface area contributed by atoms with E-state index in [1.165, 1.54) is 5.56 Å². The Morgan fingerprint density at radius 2 is 1.94 bits per heavy atom. The van der Waals surface area contributed by atoms with Crippen LogP contribution in [-0.4, -0.2) is 54.5 Å². The molecule has 0 radical (unpaired) electrons. The Kier molecular flexibility index (Phi) is 7.40. The molecule has 7 heteroatoms. The molecule has 1 atom stereocenters. The summed E-state index contributed by atoms with van der Waals surface area (Å²) < 4.78 is 5.85. The maximum absolute atomic E-state index is 13.4. The van der Waals surface area contributed by atoms with Crippen LogP contribution in [-0.2, 0) is 11.3 Å². The van der Waals surface area contributed by atoms with Crippen molar-refractivity contribution in [2.24, 2.45) is 5.41 Å². The number of carbonyl (C=O) groups is 2. The third-order valence-electron chi connectivity index (χ3n) is 6.47. The van der Waals surface area contributed by atoms with E-state index < -0.39 is 5.41 Å². The topological polar surface area (TPSA) is 83.6 Å². The van der Waals surface area contributed by atoms with Crippen LogP contribution >= 0.6 is 0 Å². The minimum atomic E-state index is -0.510. The van der Waals surface area contributed by atoms with Crippen LogP contribution in [0.5, 0.6) is 5.75 Å². The van der Waals surface area contributed by atoms with E-state index in [0.717, 1.165) is 31.6 Å². The number of para-hydroxylation sites is 1. The lowest BCUT2D eigenvalue weighted by molar-refractivity contribution is -0.134. The number of rotatable bonds is 2. The van der Waals surface area contributed by atoms with Gasteiger partial charge in [-0.1, -0.05) is 30.4 Å². The number of hydrogen-bond acceptors (Lipinski definition) is 5. The standard InChI is InChI=1S/C26H32N4O3/c1-20-8-6-13-27-22(20)18-30-16-7-12-26(19-30)11-4-5-17-33-23-10-3-2-9-21(23)24(31)28-14-15-29-25(26)32/h2-6,8-10,13H,7,11-12,14-19H2,1H3,(H,28,31)(H,29,32)/b5-4+. The quantitative estimate of drug-likeness (QED) is 0.691. The summed E-state index contributed by atoms with van der Waals surface area (Å²) >= 11 is 0. The zero-order valence-corrected chi connectivity index (χ0v) is 19.2. The van der Waals surface area contributed by atoms with Gasteiger partial charge in [-0.25, -0.2) is 0 Å². The fourth-order valence-electron chi connectivity index (χ4n) is 4.63. The van der Waals surface area contributed by atoms with Crippen molar-refractivity contribution in [2.75, 3.05) is 32.8 Å². The maximum atomic E-state index is 13.4. The zero-order valence-electron chi connectivity index (χ0n) is 19.2. The van der Waals surface area contributed by atoms with Crippen molar-refractivity contribution >= 4 is 11.8 Å². The number of benzene rings is 1. The predicted molar refractivity (Wildman–Crippen MR) is 127 cm³/mol. The van der Waals surface area contributed by atoms with Crippen LogP contribution in [0.1, 0.15) is 40.9 Å². The Morgan fingerprint density at radius 1 is 1.09 bits per heavy atom. The molecule has 2 aromatic rings. The molecule has 4 rings (SSSR count). The number of aryl methyl sites for hydroxylation is 1. The van der Waals surface area contributed by atoms with Crippen LogP contribution in [0.15, 0.2) is 54.7 Å². The summed E-state index contributed by atoms with van der Waals surface area (Å²) in [6, 6.07) is 11.2. The number of piperidine rings is 1. The van der Waals surface area contributed by atoms with Gasteiger partial charge in [0.15, 0.2) is 0 Å². The van der Waals surface area contributed by atoms with E-state index in [9.17, 15) is 9.59 Å². The van der Waals surface area contributed by atoms with Crippen LogP contribution in [0.4, 0.5) is 0 Å². The molecule has 0 saturated carbocycles. The summed E-state index contributed by atoms with van der Waals surface area (Å²) in [6.07, 6.45) is 8.24. The number of pyridine rings is 1. The number of nitrogens with zero attached hydrogens (tertiary/aromatic N) is 2. The summed E-state index contributed by atoms with van der Waals surface area (Å²) in [5.74, 6) is 0.400. The summed E-state index contributed by atoms with van der Waals surface area (Å²) in [4.78, 5) is 32.8. The number of likely N-dealkylation sites (tertiary alicyclic amines) is 1. The van der Waals surface area contributed by atoms with Gasteiger partial charge >= 0.3 is 0 Å². The highest BCUT2D eigenvalue weighted by Crippen LogP contribution is 2.35. The van der Waals surface area contributed by atoms with Crippen molar-refractivity contribution < 1.29 is 14.3 Å². The minimum Gasteiger partial charge on any atom is -0.489 e. The SMILES string of the molecule is Cc1cccnc1CN1CCCC2(C/C=C/COc3ccccc3C(=O)NCCNC2=O)C1. The van der Waals surface area contributed by atoms with E-state index in [4.69, 9.17) is 4.74 Å². The molecule has 1 fully saturated rings. The van der Waals surface area contributed by atoms with Crippen LogP contribution < -0.4 is 15.4 Å². The molecule has 1 spiro atoms. The second kappa shape index (κ2) is 10.6. The molecular formula is C26H32N4O3. The van der Waals surface area contributed by atoms with E-state index in [-0.39, 0.29) is 11.8 Å². The molecule has 0 aliphatic carbocycles. The first-order valence-electron chi connectivity index (χ1n) is 11.6. The number of nitrogens with one attached hydrogen (secondary N) is 2. The Labute approximate surface area is 195 Å². The second-order valence-electron chi connectivity index (χ2n) is 8.86. The molecule has 1 aromatic carbocycles. The van der Waals surface area contributed by atoms with Crippen LogP contribution in [0, 0.1) is 12.3 Å². The zero-order chi connectivity index (χ0) is 23.1. The Balaban J connectivity index is 1.50. The molecule has 3 heterocycles. The molecule has 2 aliphatic heterocycles. The van der Waals surface area contributed by atoms with Gasteiger partial charge in [0.1, 0.15) is 12.4 Å². The number of hydrogen-bond donors (Lipinski definition) is 2. The first-order valence-corrected chi connectivity index (χ1v) is 11.6. The van der Waals surface area contributed by atoms with E-state index in [2.05, 4.69) is 33.5 Å². The first kappa shape index (κ1) is 23.0. The predicted octanol–water partition coefficient (Wildman–Crippen LogP) is 2.86. The molecular weight excluding hydrogens is 416 g/mol. The lowest BCUT2D eigenvalue weighted by Gasteiger charge is -2.41. The van der Waals surface area contributed by atoms with Gasteiger partial charge < -0.3 is 15.4 Å². The third kappa shape index (κ3) is 5.60. The third-order valence-corrected chi connectivity index (χ3v) is 6.47. The van der Waals surface area contributed by atoms with Crippen LogP contribution in [0.25, 0.3) is 0 Å². The van der Waals surface area contributed by atoms with E-state index in [0.29, 0.717) is 44.0 Å². The molecule has 174 valence electrons. The van der Waals surface area contributed by atoms with Crippen molar-refractivity contribution in [3.05, 3.63) is 71.6 Å². The van der Waals surface area contributed by atoms with Crippen molar-refractivity contribution in [3.8, 4) is 5.75 Å².